The molecule has 2 rings (SSSR count). The molecule has 0 aliphatic rings. The lowest BCUT2D eigenvalue weighted by Gasteiger charge is -1.93. The predicted octanol–water partition coefficient (Wildman–Crippen LogP) is 1.86. The largest absolute Gasteiger partial charge is 0.274 e. The molecular weight excluding hydrogens is 214 g/mol. The lowest BCUT2D eigenvalue weighted by molar-refractivity contribution is 0.107. The molecule has 0 aliphatic heterocycles. The van der Waals surface area contributed by atoms with Gasteiger partial charge in [0, 0.05) is 25.0 Å². The summed E-state index contributed by atoms with van der Waals surface area (Å²) >= 11 is 5.39. The van der Waals surface area contributed by atoms with Crippen LogP contribution in [0.25, 0.3) is 11.3 Å². The van der Waals surface area contributed by atoms with Crippen LogP contribution in [-0.2, 0) is 7.05 Å². The van der Waals surface area contributed by atoms with Crippen molar-refractivity contribution in [2.24, 2.45) is 7.05 Å². The van der Waals surface area contributed by atoms with Crippen LogP contribution in [0.15, 0.2) is 30.6 Å². The highest BCUT2D eigenvalue weighted by Crippen LogP contribution is 2.18. The van der Waals surface area contributed by atoms with Crippen molar-refractivity contribution in [3.63, 3.8) is 0 Å². The van der Waals surface area contributed by atoms with Gasteiger partial charge in [-0.25, -0.2) is 0 Å². The fraction of sp³-hybridized carbons (Fsp3) is 0.100. The first kappa shape index (κ1) is 9.86. The maximum absolute atomic E-state index is 11.0. The molecule has 2 heterocycles. The van der Waals surface area contributed by atoms with Gasteiger partial charge < -0.3 is 0 Å². The second-order valence-corrected chi connectivity index (χ2v) is 3.40. The van der Waals surface area contributed by atoms with Crippen molar-refractivity contribution in [3.05, 3.63) is 36.3 Å². The zero-order valence-corrected chi connectivity index (χ0v) is 8.77. The van der Waals surface area contributed by atoms with Crippen LogP contribution in [0.2, 0.25) is 0 Å². The van der Waals surface area contributed by atoms with E-state index in [0.29, 0.717) is 11.4 Å². The Morgan fingerprint density at radius 2 is 2.33 bits per heavy atom. The van der Waals surface area contributed by atoms with E-state index in [0.717, 1.165) is 5.56 Å². The third-order valence-electron chi connectivity index (χ3n) is 2.04. The molecule has 0 fully saturated rings. The topological polar surface area (TPSA) is 47.8 Å². The second-order valence-electron chi connectivity index (χ2n) is 3.05. The van der Waals surface area contributed by atoms with Gasteiger partial charge in [-0.15, -0.1) is 0 Å². The van der Waals surface area contributed by atoms with Gasteiger partial charge in [0.15, 0.2) is 0 Å². The molecule has 4 nitrogen and oxygen atoms in total. The van der Waals surface area contributed by atoms with Crippen LogP contribution in [0.5, 0.6) is 0 Å². The molecule has 0 aliphatic carbocycles. The van der Waals surface area contributed by atoms with E-state index in [9.17, 15) is 4.79 Å². The van der Waals surface area contributed by atoms with E-state index >= 15 is 0 Å². The number of hydrogen-bond acceptors (Lipinski definition) is 3. The summed E-state index contributed by atoms with van der Waals surface area (Å²) in [5, 5.41) is 3.66. The van der Waals surface area contributed by atoms with E-state index in [1.54, 1.807) is 25.5 Å². The Morgan fingerprint density at radius 1 is 1.53 bits per heavy atom. The highest BCUT2D eigenvalue weighted by atomic mass is 35.5. The molecule has 0 saturated heterocycles. The van der Waals surface area contributed by atoms with Crippen molar-refractivity contribution in [3.8, 4) is 11.3 Å². The van der Waals surface area contributed by atoms with Crippen LogP contribution in [0.4, 0.5) is 0 Å². The Morgan fingerprint density at radius 3 is 2.87 bits per heavy atom. The molecule has 2 aromatic rings. The molecule has 0 N–H and O–H groups in total. The number of carbonyl (C=O) groups excluding carboxylic acids is 1. The number of nitrogens with zero attached hydrogens (tertiary/aromatic N) is 3. The zero-order chi connectivity index (χ0) is 10.8. The lowest BCUT2D eigenvalue weighted by Crippen LogP contribution is -2.00. The molecule has 0 spiro atoms. The molecule has 2 aromatic heterocycles. The standard InChI is InChI=1S/C10H8ClN3O/c1-14-9(10(11)15)5-8(13-14)7-3-2-4-12-6-7/h2-6H,1H3. The third-order valence-corrected chi connectivity index (χ3v) is 2.23. The Balaban J connectivity index is 2.48. The minimum Gasteiger partial charge on any atom is -0.274 e. The number of carbonyl (C=O) groups is 1. The third kappa shape index (κ3) is 1.89. The maximum atomic E-state index is 11.0. The Hall–Kier alpha value is -1.68. The number of rotatable bonds is 2. The molecule has 0 aromatic carbocycles. The van der Waals surface area contributed by atoms with Crippen molar-refractivity contribution in [1.82, 2.24) is 14.8 Å². The number of halogens is 1. The van der Waals surface area contributed by atoms with Crippen molar-refractivity contribution in [2.45, 2.75) is 0 Å². The first-order valence-electron chi connectivity index (χ1n) is 4.33. The van der Waals surface area contributed by atoms with Crippen LogP contribution in [0.1, 0.15) is 10.5 Å². The highest BCUT2D eigenvalue weighted by Gasteiger charge is 2.11. The molecule has 76 valence electrons. The summed E-state index contributed by atoms with van der Waals surface area (Å²) in [4.78, 5) is 15.0. The van der Waals surface area contributed by atoms with Crippen LogP contribution >= 0.6 is 11.6 Å². The molecule has 0 bridgehead atoms. The van der Waals surface area contributed by atoms with E-state index in [1.807, 2.05) is 12.1 Å². The quantitative estimate of drug-likeness (QED) is 0.728. The van der Waals surface area contributed by atoms with Gasteiger partial charge in [-0.1, -0.05) is 0 Å². The number of aromatic nitrogens is 3. The fourth-order valence-corrected chi connectivity index (χ4v) is 1.48. The normalized spacial score (nSPS) is 10.3. The molecule has 15 heavy (non-hydrogen) atoms. The Kier molecular flexibility index (Phi) is 2.51. The number of aryl methyl sites for hydroxylation is 1. The van der Waals surface area contributed by atoms with E-state index in [2.05, 4.69) is 10.1 Å². The summed E-state index contributed by atoms with van der Waals surface area (Å²) in [6.07, 6.45) is 3.37. The molecule has 0 radical (unpaired) electrons. The molecule has 0 unspecified atom stereocenters. The highest BCUT2D eigenvalue weighted by molar-refractivity contribution is 6.67. The van der Waals surface area contributed by atoms with Gasteiger partial charge in [0.05, 0.1) is 5.69 Å². The van der Waals surface area contributed by atoms with Crippen molar-refractivity contribution in [1.29, 1.82) is 0 Å². The van der Waals surface area contributed by atoms with Gasteiger partial charge in [-0.3, -0.25) is 14.5 Å². The molecule has 0 amide bonds. The average molecular weight is 222 g/mol. The maximum Gasteiger partial charge on any atom is 0.270 e. The van der Waals surface area contributed by atoms with E-state index in [4.69, 9.17) is 11.6 Å². The second kappa shape index (κ2) is 3.82. The van der Waals surface area contributed by atoms with Crippen LogP contribution < -0.4 is 0 Å². The Bertz CT molecular complexity index is 493. The van der Waals surface area contributed by atoms with Gasteiger partial charge in [0.25, 0.3) is 5.24 Å². The monoisotopic (exact) mass is 221 g/mol. The summed E-state index contributed by atoms with van der Waals surface area (Å²) in [6, 6.07) is 5.33. The van der Waals surface area contributed by atoms with E-state index in [1.165, 1.54) is 4.68 Å². The SMILES string of the molecule is Cn1nc(-c2cccnc2)cc1C(=O)Cl. The zero-order valence-electron chi connectivity index (χ0n) is 8.01. The van der Waals surface area contributed by atoms with Gasteiger partial charge in [-0.2, -0.15) is 5.10 Å². The van der Waals surface area contributed by atoms with Crippen LogP contribution in [-0.4, -0.2) is 20.0 Å². The van der Waals surface area contributed by atoms with Crippen LogP contribution in [0.3, 0.4) is 0 Å². The predicted molar refractivity (Wildman–Crippen MR) is 56.6 cm³/mol. The summed E-state index contributed by atoms with van der Waals surface area (Å²) in [5.41, 5.74) is 1.92. The van der Waals surface area contributed by atoms with Gasteiger partial charge >= 0.3 is 0 Å². The summed E-state index contributed by atoms with van der Waals surface area (Å²) < 4.78 is 1.46. The van der Waals surface area contributed by atoms with Crippen molar-refractivity contribution in [2.75, 3.05) is 0 Å². The first-order chi connectivity index (χ1) is 7.18. The first-order valence-corrected chi connectivity index (χ1v) is 4.70. The van der Waals surface area contributed by atoms with Crippen molar-refractivity contribution >= 4 is 16.8 Å². The van der Waals surface area contributed by atoms with Gasteiger partial charge in [0.2, 0.25) is 0 Å². The number of hydrogen-bond donors (Lipinski definition) is 0. The van der Waals surface area contributed by atoms with Crippen LogP contribution in [0, 0.1) is 0 Å². The fourth-order valence-electron chi connectivity index (χ4n) is 1.31. The van der Waals surface area contributed by atoms with E-state index < -0.39 is 5.24 Å². The van der Waals surface area contributed by atoms with E-state index in [-0.39, 0.29) is 0 Å². The van der Waals surface area contributed by atoms with Crippen molar-refractivity contribution < 1.29 is 4.79 Å². The summed E-state index contributed by atoms with van der Waals surface area (Å²) in [5.74, 6) is 0. The minimum atomic E-state index is -0.514. The Labute approximate surface area is 91.5 Å². The van der Waals surface area contributed by atoms with Gasteiger partial charge in [0.1, 0.15) is 5.69 Å². The smallest absolute Gasteiger partial charge is 0.270 e. The summed E-state index contributed by atoms with van der Waals surface area (Å²) in [6.45, 7) is 0. The molecule has 0 atom stereocenters. The average Bonchev–Trinajstić information content (AvgIpc) is 2.62. The molecule has 5 heteroatoms. The lowest BCUT2D eigenvalue weighted by atomic mass is 10.2. The molecule has 0 saturated carbocycles. The summed E-state index contributed by atoms with van der Waals surface area (Å²) in [7, 11) is 1.68. The number of pyridine rings is 1. The molecular formula is C10H8ClN3O. The minimum absolute atomic E-state index is 0.371. The van der Waals surface area contributed by atoms with Gasteiger partial charge in [-0.05, 0) is 29.8 Å².